The molecule has 1 amide bonds. The molecule has 1 heterocycles. The normalized spacial score (nSPS) is 10.7. The number of carbonyl (C=O) groups is 1. The van der Waals surface area contributed by atoms with Crippen molar-refractivity contribution in [2.24, 2.45) is 0 Å². The molecule has 0 saturated carbocycles. The van der Waals surface area contributed by atoms with Crippen molar-refractivity contribution < 1.29 is 9.18 Å². The summed E-state index contributed by atoms with van der Waals surface area (Å²) in [7, 11) is 0. The van der Waals surface area contributed by atoms with E-state index >= 15 is 0 Å². The van der Waals surface area contributed by atoms with Gasteiger partial charge >= 0.3 is 0 Å². The van der Waals surface area contributed by atoms with Crippen molar-refractivity contribution in [1.29, 1.82) is 5.26 Å². The molecule has 5 nitrogen and oxygen atoms in total. The van der Waals surface area contributed by atoms with Crippen LogP contribution in [-0.2, 0) is 24.3 Å². The van der Waals surface area contributed by atoms with Crippen LogP contribution in [-0.4, -0.2) is 27.1 Å². The van der Waals surface area contributed by atoms with Gasteiger partial charge in [-0.1, -0.05) is 31.9 Å². The van der Waals surface area contributed by atoms with Crippen LogP contribution in [0.3, 0.4) is 0 Å². The molecule has 0 saturated heterocycles. The fourth-order valence-corrected chi connectivity index (χ4v) is 3.51. The lowest BCUT2D eigenvalue weighted by Crippen LogP contribution is -2.31. The number of aryl methyl sites for hydroxylation is 2. The molecule has 0 radical (unpaired) electrons. The lowest BCUT2D eigenvalue weighted by Gasteiger charge is -2.23. The summed E-state index contributed by atoms with van der Waals surface area (Å²) in [6, 6.07) is 8.50. The molecule has 156 valence electrons. The Morgan fingerprint density at radius 1 is 1.24 bits per heavy atom. The average molecular weight is 399 g/mol. The summed E-state index contributed by atoms with van der Waals surface area (Å²) in [5, 5.41) is 13.3. The predicted octanol–water partition coefficient (Wildman–Crippen LogP) is 4.70. The summed E-state index contributed by atoms with van der Waals surface area (Å²) in [6.07, 6.45) is 4.61. The van der Waals surface area contributed by atoms with Gasteiger partial charge in [0, 0.05) is 25.2 Å². The number of aromatic nitrogens is 2. The van der Waals surface area contributed by atoms with E-state index in [0.29, 0.717) is 38.9 Å². The number of carbonyl (C=O) groups excluding carboxylic acids is 1. The number of benzene rings is 1. The molecule has 6 heteroatoms. The third-order valence-electron chi connectivity index (χ3n) is 5.23. The molecule has 0 unspecified atom stereocenters. The van der Waals surface area contributed by atoms with Gasteiger partial charge < -0.3 is 4.90 Å². The largest absolute Gasteiger partial charge is 0.338 e. The van der Waals surface area contributed by atoms with E-state index in [9.17, 15) is 9.18 Å². The van der Waals surface area contributed by atoms with E-state index in [0.717, 1.165) is 41.8 Å². The Hall–Kier alpha value is -2.68. The number of halogens is 1. The second kappa shape index (κ2) is 11.4. The molecule has 0 N–H and O–H groups in total. The summed E-state index contributed by atoms with van der Waals surface area (Å²) in [5.41, 5.74) is 3.98. The summed E-state index contributed by atoms with van der Waals surface area (Å²) in [6.45, 7) is 7.88. The first-order valence-corrected chi connectivity index (χ1v) is 10.4. The number of hydrogen-bond acceptors (Lipinski definition) is 3. The first-order valence-electron chi connectivity index (χ1n) is 10.4. The average Bonchev–Trinajstić information content (AvgIpc) is 2.98. The second-order valence-corrected chi connectivity index (χ2v) is 7.43. The summed E-state index contributed by atoms with van der Waals surface area (Å²) < 4.78 is 15.0. The lowest BCUT2D eigenvalue weighted by atomic mass is 10.1. The van der Waals surface area contributed by atoms with Crippen LogP contribution in [0, 0.1) is 31.0 Å². The molecule has 0 aliphatic rings. The molecule has 29 heavy (non-hydrogen) atoms. The summed E-state index contributed by atoms with van der Waals surface area (Å²) in [4.78, 5) is 14.8. The minimum absolute atomic E-state index is 0.106. The van der Waals surface area contributed by atoms with Crippen molar-refractivity contribution in [2.75, 3.05) is 6.54 Å². The highest BCUT2D eigenvalue weighted by Gasteiger charge is 2.17. The van der Waals surface area contributed by atoms with Gasteiger partial charge in [-0.2, -0.15) is 10.4 Å². The van der Waals surface area contributed by atoms with Crippen molar-refractivity contribution in [3.8, 4) is 6.07 Å². The van der Waals surface area contributed by atoms with Crippen LogP contribution in [0.15, 0.2) is 24.3 Å². The molecule has 2 aromatic rings. The fourth-order valence-electron chi connectivity index (χ4n) is 3.51. The van der Waals surface area contributed by atoms with Gasteiger partial charge in [0.2, 0.25) is 5.91 Å². The molecule has 0 aliphatic carbocycles. The zero-order chi connectivity index (χ0) is 21.2. The second-order valence-electron chi connectivity index (χ2n) is 7.43. The van der Waals surface area contributed by atoms with E-state index in [1.807, 2.05) is 23.4 Å². The topological polar surface area (TPSA) is 61.9 Å². The van der Waals surface area contributed by atoms with Crippen molar-refractivity contribution >= 4 is 5.91 Å². The fraction of sp³-hybridized carbons (Fsp3) is 0.522. The number of unbranched alkanes of at least 4 members (excludes halogenated alkanes) is 2. The highest BCUT2D eigenvalue weighted by molar-refractivity contribution is 5.76. The van der Waals surface area contributed by atoms with Gasteiger partial charge in [0.15, 0.2) is 0 Å². The molecule has 0 spiro atoms. The Balaban J connectivity index is 2.04. The quantitative estimate of drug-likeness (QED) is 0.515. The Kier molecular flexibility index (Phi) is 8.85. The number of amides is 1. The van der Waals surface area contributed by atoms with Gasteiger partial charge in [-0.15, -0.1) is 0 Å². The van der Waals surface area contributed by atoms with Gasteiger partial charge in [0.1, 0.15) is 5.82 Å². The van der Waals surface area contributed by atoms with Crippen LogP contribution in [0.4, 0.5) is 4.39 Å². The Morgan fingerprint density at radius 2 is 1.97 bits per heavy atom. The maximum Gasteiger partial charge on any atom is 0.223 e. The van der Waals surface area contributed by atoms with E-state index in [-0.39, 0.29) is 11.7 Å². The minimum Gasteiger partial charge on any atom is -0.338 e. The van der Waals surface area contributed by atoms with E-state index in [1.54, 1.807) is 12.1 Å². The maximum atomic E-state index is 13.2. The third-order valence-corrected chi connectivity index (χ3v) is 5.23. The zero-order valence-corrected chi connectivity index (χ0v) is 17.7. The number of nitrogens with zero attached hydrogens (tertiary/aromatic N) is 4. The van der Waals surface area contributed by atoms with Gasteiger partial charge in [0.05, 0.1) is 24.7 Å². The monoisotopic (exact) mass is 398 g/mol. The third kappa shape index (κ3) is 6.70. The van der Waals surface area contributed by atoms with Crippen molar-refractivity contribution in [3.05, 3.63) is 52.6 Å². The molecule has 1 aromatic heterocycles. The molecule has 0 bridgehead atoms. The standard InChI is InChI=1S/C23H31FN4O/c1-4-5-6-15-27(17-20-8-10-21(24)11-9-20)23(29)13-12-22-18(2)26-28(19(22)3)16-7-14-25/h8-11H,4-7,12-13,15-17H2,1-3H3. The molecule has 1 aromatic carbocycles. The van der Waals surface area contributed by atoms with Gasteiger partial charge in [-0.25, -0.2) is 4.39 Å². The maximum absolute atomic E-state index is 13.2. The van der Waals surface area contributed by atoms with Crippen molar-refractivity contribution in [2.45, 2.75) is 72.4 Å². The Bertz CT molecular complexity index is 836. The Labute approximate surface area is 173 Å². The first kappa shape index (κ1) is 22.6. The SMILES string of the molecule is CCCCCN(Cc1ccc(F)cc1)C(=O)CCc1c(C)nn(CCC#N)c1C. The van der Waals surface area contributed by atoms with E-state index in [2.05, 4.69) is 18.1 Å². The predicted molar refractivity (Wildman–Crippen MR) is 112 cm³/mol. The zero-order valence-electron chi connectivity index (χ0n) is 17.7. The first-order chi connectivity index (χ1) is 14.0. The highest BCUT2D eigenvalue weighted by atomic mass is 19.1. The molecule has 0 fully saturated rings. The van der Waals surface area contributed by atoms with Crippen LogP contribution >= 0.6 is 0 Å². The highest BCUT2D eigenvalue weighted by Crippen LogP contribution is 2.17. The summed E-state index contributed by atoms with van der Waals surface area (Å²) in [5.74, 6) is -0.161. The number of rotatable bonds is 11. The van der Waals surface area contributed by atoms with Crippen LogP contribution in [0.1, 0.15) is 61.5 Å². The Morgan fingerprint density at radius 3 is 2.62 bits per heavy atom. The van der Waals surface area contributed by atoms with E-state index < -0.39 is 0 Å². The number of nitriles is 1. The van der Waals surface area contributed by atoms with Crippen molar-refractivity contribution in [1.82, 2.24) is 14.7 Å². The molecule has 2 rings (SSSR count). The minimum atomic E-state index is -0.267. The number of hydrogen-bond donors (Lipinski definition) is 0. The van der Waals surface area contributed by atoms with Gasteiger partial charge in [-0.05, 0) is 49.9 Å². The van der Waals surface area contributed by atoms with Gasteiger partial charge in [-0.3, -0.25) is 9.48 Å². The molecule has 0 atom stereocenters. The lowest BCUT2D eigenvalue weighted by molar-refractivity contribution is -0.131. The van der Waals surface area contributed by atoms with E-state index in [4.69, 9.17) is 5.26 Å². The van der Waals surface area contributed by atoms with Crippen LogP contribution in [0.2, 0.25) is 0 Å². The van der Waals surface area contributed by atoms with Crippen LogP contribution in [0.25, 0.3) is 0 Å². The van der Waals surface area contributed by atoms with Crippen molar-refractivity contribution in [3.63, 3.8) is 0 Å². The molecular formula is C23H31FN4O. The molecular weight excluding hydrogens is 367 g/mol. The smallest absolute Gasteiger partial charge is 0.223 e. The van der Waals surface area contributed by atoms with E-state index in [1.165, 1.54) is 12.1 Å². The van der Waals surface area contributed by atoms with Crippen LogP contribution in [0.5, 0.6) is 0 Å². The molecule has 0 aliphatic heterocycles. The summed E-state index contributed by atoms with van der Waals surface area (Å²) >= 11 is 0. The van der Waals surface area contributed by atoms with Gasteiger partial charge in [0.25, 0.3) is 0 Å². The van der Waals surface area contributed by atoms with Crippen LogP contribution < -0.4 is 0 Å².